The molecule has 0 aliphatic rings. The van der Waals surface area contributed by atoms with E-state index in [0.717, 1.165) is 24.4 Å². The highest BCUT2D eigenvalue weighted by molar-refractivity contribution is 6.30. The van der Waals surface area contributed by atoms with Crippen molar-refractivity contribution in [3.8, 4) is 0 Å². The van der Waals surface area contributed by atoms with Crippen LogP contribution in [-0.4, -0.2) is 15.0 Å². The van der Waals surface area contributed by atoms with E-state index in [9.17, 15) is 0 Å². The number of aryl methyl sites for hydroxylation is 2. The molecule has 0 aromatic carbocycles. The second kappa shape index (κ2) is 5.09. The predicted octanol–water partition coefficient (Wildman–Crippen LogP) is 1.70. The summed E-state index contributed by atoms with van der Waals surface area (Å²) in [5.74, 6) is 0.728. The third-order valence-electron chi connectivity index (χ3n) is 2.36. The Morgan fingerprint density at radius 3 is 2.88 bits per heavy atom. The molecule has 4 nitrogen and oxygen atoms in total. The summed E-state index contributed by atoms with van der Waals surface area (Å²) in [6.07, 6.45) is 5.32. The summed E-state index contributed by atoms with van der Waals surface area (Å²) in [5.41, 5.74) is 7.60. The topological polar surface area (TPSA) is 67.6 Å². The van der Waals surface area contributed by atoms with Crippen LogP contribution < -0.4 is 5.73 Å². The number of nitrogens with two attached hydrogens (primary N) is 1. The Morgan fingerprint density at radius 2 is 2.25 bits per heavy atom. The number of rotatable bonds is 4. The largest absolute Gasteiger partial charge is 0.343 e. The molecule has 2 heterocycles. The van der Waals surface area contributed by atoms with Crippen molar-refractivity contribution in [2.45, 2.75) is 19.4 Å². The first-order valence-corrected chi connectivity index (χ1v) is 5.49. The molecule has 0 spiro atoms. The van der Waals surface area contributed by atoms with Crippen LogP contribution in [0.25, 0.3) is 0 Å². The van der Waals surface area contributed by atoms with Crippen molar-refractivity contribution in [3.05, 3.63) is 46.8 Å². The van der Waals surface area contributed by atoms with Crippen molar-refractivity contribution in [2.75, 3.05) is 0 Å². The first-order valence-electron chi connectivity index (χ1n) is 5.12. The number of halogens is 1. The Morgan fingerprint density at radius 1 is 1.38 bits per heavy atom. The van der Waals surface area contributed by atoms with Crippen LogP contribution in [0, 0.1) is 0 Å². The average Bonchev–Trinajstić information content (AvgIpc) is 2.69. The Bertz CT molecular complexity index is 452. The van der Waals surface area contributed by atoms with Crippen LogP contribution >= 0.6 is 11.6 Å². The smallest absolute Gasteiger partial charge is 0.150 e. The summed E-state index contributed by atoms with van der Waals surface area (Å²) in [6, 6.07) is 3.97. The monoisotopic (exact) mass is 236 g/mol. The predicted molar refractivity (Wildman–Crippen MR) is 63.1 cm³/mol. The van der Waals surface area contributed by atoms with Gasteiger partial charge in [0.2, 0.25) is 0 Å². The summed E-state index contributed by atoms with van der Waals surface area (Å²) in [7, 11) is 0. The molecule has 0 atom stereocenters. The SMILES string of the molecule is NCc1nc(Cl)c(CCc2cccnc2)[nH]1. The first-order chi connectivity index (χ1) is 7.79. The lowest BCUT2D eigenvalue weighted by Gasteiger charge is -1.99. The van der Waals surface area contributed by atoms with Gasteiger partial charge in [-0.25, -0.2) is 4.98 Å². The lowest BCUT2D eigenvalue weighted by Crippen LogP contribution is -1.98. The molecule has 0 saturated carbocycles. The number of imidazole rings is 1. The number of H-pyrrole nitrogens is 1. The van der Waals surface area contributed by atoms with Crippen molar-refractivity contribution in [2.24, 2.45) is 5.73 Å². The molecular formula is C11H13ClN4. The molecule has 0 radical (unpaired) electrons. The van der Waals surface area contributed by atoms with E-state index >= 15 is 0 Å². The van der Waals surface area contributed by atoms with Gasteiger partial charge >= 0.3 is 0 Å². The molecule has 0 aliphatic heterocycles. The number of aromatic amines is 1. The van der Waals surface area contributed by atoms with E-state index < -0.39 is 0 Å². The highest BCUT2D eigenvalue weighted by Gasteiger charge is 2.06. The molecule has 2 aromatic rings. The van der Waals surface area contributed by atoms with Crippen LogP contribution in [0.2, 0.25) is 5.15 Å². The van der Waals surface area contributed by atoms with Gasteiger partial charge in [-0.15, -0.1) is 0 Å². The second-order valence-corrected chi connectivity index (χ2v) is 3.88. The molecule has 0 fully saturated rings. The summed E-state index contributed by atoms with van der Waals surface area (Å²) in [6.45, 7) is 0.382. The van der Waals surface area contributed by atoms with Gasteiger partial charge in [-0.3, -0.25) is 4.98 Å². The van der Waals surface area contributed by atoms with Crippen LogP contribution in [0.4, 0.5) is 0 Å². The van der Waals surface area contributed by atoms with E-state index in [4.69, 9.17) is 17.3 Å². The Labute approximate surface area is 98.9 Å². The summed E-state index contributed by atoms with van der Waals surface area (Å²) >= 11 is 5.98. The summed E-state index contributed by atoms with van der Waals surface area (Å²) < 4.78 is 0. The number of aromatic nitrogens is 3. The molecular weight excluding hydrogens is 224 g/mol. The minimum atomic E-state index is 0.382. The van der Waals surface area contributed by atoms with Gasteiger partial charge in [-0.05, 0) is 24.5 Å². The molecule has 0 saturated heterocycles. The van der Waals surface area contributed by atoms with E-state index in [1.165, 1.54) is 5.56 Å². The van der Waals surface area contributed by atoms with Gasteiger partial charge in [0.1, 0.15) is 11.0 Å². The van der Waals surface area contributed by atoms with Gasteiger partial charge in [-0.2, -0.15) is 0 Å². The van der Waals surface area contributed by atoms with Crippen LogP contribution in [-0.2, 0) is 19.4 Å². The van der Waals surface area contributed by atoms with Gasteiger partial charge in [0.05, 0.1) is 12.2 Å². The maximum Gasteiger partial charge on any atom is 0.150 e. The lowest BCUT2D eigenvalue weighted by atomic mass is 10.1. The van der Waals surface area contributed by atoms with E-state index in [1.54, 1.807) is 6.20 Å². The zero-order valence-corrected chi connectivity index (χ0v) is 9.54. The number of pyridine rings is 1. The number of nitrogens with one attached hydrogen (secondary N) is 1. The zero-order chi connectivity index (χ0) is 11.4. The number of nitrogens with zero attached hydrogens (tertiary/aromatic N) is 2. The average molecular weight is 237 g/mol. The quantitative estimate of drug-likeness (QED) is 0.849. The van der Waals surface area contributed by atoms with Crippen molar-refractivity contribution in [3.63, 3.8) is 0 Å². The maximum absolute atomic E-state index is 5.98. The maximum atomic E-state index is 5.98. The Kier molecular flexibility index (Phi) is 3.54. The van der Waals surface area contributed by atoms with Crippen LogP contribution in [0.15, 0.2) is 24.5 Å². The molecule has 0 amide bonds. The zero-order valence-electron chi connectivity index (χ0n) is 8.78. The minimum Gasteiger partial charge on any atom is -0.343 e. The number of hydrogen-bond acceptors (Lipinski definition) is 3. The minimum absolute atomic E-state index is 0.382. The Hall–Kier alpha value is -1.39. The van der Waals surface area contributed by atoms with Crippen molar-refractivity contribution < 1.29 is 0 Å². The van der Waals surface area contributed by atoms with E-state index in [2.05, 4.69) is 15.0 Å². The standard InChI is InChI=1S/C11H13ClN4/c12-11-9(15-10(6-13)16-11)4-3-8-2-1-5-14-7-8/h1-2,5,7H,3-4,6,13H2,(H,15,16). The molecule has 0 bridgehead atoms. The molecule has 0 aliphatic carbocycles. The van der Waals surface area contributed by atoms with Crippen LogP contribution in [0.3, 0.4) is 0 Å². The molecule has 16 heavy (non-hydrogen) atoms. The van der Waals surface area contributed by atoms with Crippen molar-refractivity contribution in [1.82, 2.24) is 15.0 Å². The normalized spacial score (nSPS) is 10.6. The van der Waals surface area contributed by atoms with Gasteiger partial charge in [-0.1, -0.05) is 17.7 Å². The van der Waals surface area contributed by atoms with E-state index in [1.807, 2.05) is 18.3 Å². The third-order valence-corrected chi connectivity index (χ3v) is 2.67. The van der Waals surface area contributed by atoms with E-state index in [-0.39, 0.29) is 0 Å². The second-order valence-electron chi connectivity index (χ2n) is 3.52. The van der Waals surface area contributed by atoms with Gasteiger partial charge in [0.25, 0.3) is 0 Å². The van der Waals surface area contributed by atoms with Crippen molar-refractivity contribution >= 4 is 11.6 Å². The first kappa shape index (κ1) is 11.1. The summed E-state index contributed by atoms with van der Waals surface area (Å²) in [4.78, 5) is 11.3. The number of hydrogen-bond donors (Lipinski definition) is 2. The lowest BCUT2D eigenvalue weighted by molar-refractivity contribution is 0.891. The molecule has 5 heteroatoms. The molecule has 84 valence electrons. The fraction of sp³-hybridized carbons (Fsp3) is 0.273. The third kappa shape index (κ3) is 2.59. The molecule has 2 aromatic heterocycles. The molecule has 3 N–H and O–H groups in total. The fourth-order valence-electron chi connectivity index (χ4n) is 1.52. The highest BCUT2D eigenvalue weighted by Crippen LogP contribution is 2.14. The molecule has 2 rings (SSSR count). The molecule has 0 unspecified atom stereocenters. The van der Waals surface area contributed by atoms with Gasteiger partial charge < -0.3 is 10.7 Å². The summed E-state index contributed by atoms with van der Waals surface area (Å²) in [5, 5.41) is 0.518. The fourth-order valence-corrected chi connectivity index (χ4v) is 1.76. The Balaban J connectivity index is 2.02. The highest BCUT2D eigenvalue weighted by atomic mass is 35.5. The van der Waals surface area contributed by atoms with Gasteiger partial charge in [0, 0.05) is 12.4 Å². The van der Waals surface area contributed by atoms with E-state index in [0.29, 0.717) is 11.7 Å². The van der Waals surface area contributed by atoms with Crippen LogP contribution in [0.5, 0.6) is 0 Å². The van der Waals surface area contributed by atoms with Crippen molar-refractivity contribution in [1.29, 1.82) is 0 Å². The van der Waals surface area contributed by atoms with Crippen LogP contribution in [0.1, 0.15) is 17.1 Å². The van der Waals surface area contributed by atoms with Gasteiger partial charge in [0.15, 0.2) is 0 Å².